The lowest BCUT2D eigenvalue weighted by Crippen LogP contribution is -1.97. The van der Waals surface area contributed by atoms with Gasteiger partial charge in [-0.25, -0.2) is 0 Å². The molecule has 3 nitrogen and oxygen atoms in total. The monoisotopic (exact) mass is 178 g/mol. The summed E-state index contributed by atoms with van der Waals surface area (Å²) in [6.45, 7) is 1.90. The van der Waals surface area contributed by atoms with Gasteiger partial charge in [0.15, 0.2) is 6.29 Å². The number of aromatic amines is 1. The van der Waals surface area contributed by atoms with E-state index in [4.69, 9.17) is 0 Å². The number of nitrogens with one attached hydrogen (secondary N) is 1. The van der Waals surface area contributed by atoms with E-state index >= 15 is 0 Å². The summed E-state index contributed by atoms with van der Waals surface area (Å²) >= 11 is 0. The molecule has 1 aliphatic carbocycles. The summed E-state index contributed by atoms with van der Waals surface area (Å²) in [5.41, 5.74) is 2.67. The second-order valence-electron chi connectivity index (χ2n) is 3.75. The molecule has 1 aromatic rings. The Morgan fingerprint density at radius 1 is 1.46 bits per heavy atom. The molecule has 1 aliphatic rings. The highest BCUT2D eigenvalue weighted by Crippen LogP contribution is 2.34. The minimum absolute atomic E-state index is 0.519. The van der Waals surface area contributed by atoms with Crippen LogP contribution in [-0.4, -0.2) is 16.5 Å². The van der Waals surface area contributed by atoms with Gasteiger partial charge in [-0.15, -0.1) is 0 Å². The Hall–Kier alpha value is -1.12. The predicted molar refractivity (Wildman–Crippen MR) is 49.9 cm³/mol. The SMILES string of the molecule is Cc1[nH]nc(C2CCCC2)c1C=O. The fourth-order valence-corrected chi connectivity index (χ4v) is 2.12. The number of aromatic nitrogens is 2. The number of hydrogen-bond donors (Lipinski definition) is 1. The van der Waals surface area contributed by atoms with Crippen LogP contribution in [0.1, 0.15) is 53.3 Å². The highest BCUT2D eigenvalue weighted by molar-refractivity contribution is 5.78. The second-order valence-corrected chi connectivity index (χ2v) is 3.75. The van der Waals surface area contributed by atoms with Crippen LogP contribution >= 0.6 is 0 Å². The maximum Gasteiger partial charge on any atom is 0.153 e. The maximum absolute atomic E-state index is 10.8. The zero-order chi connectivity index (χ0) is 9.26. The standard InChI is InChI=1S/C10H14N2O/c1-7-9(6-13)10(12-11-7)8-4-2-3-5-8/h6,8H,2-5H2,1H3,(H,11,12). The van der Waals surface area contributed by atoms with E-state index in [1.165, 1.54) is 25.7 Å². The normalized spacial score (nSPS) is 17.9. The van der Waals surface area contributed by atoms with Crippen LogP contribution < -0.4 is 0 Å². The third kappa shape index (κ3) is 1.39. The van der Waals surface area contributed by atoms with Gasteiger partial charge in [-0.3, -0.25) is 9.89 Å². The van der Waals surface area contributed by atoms with Crippen molar-refractivity contribution in [3.05, 3.63) is 17.0 Å². The van der Waals surface area contributed by atoms with Crippen molar-refractivity contribution in [3.8, 4) is 0 Å². The fourth-order valence-electron chi connectivity index (χ4n) is 2.12. The van der Waals surface area contributed by atoms with Gasteiger partial charge in [0.1, 0.15) is 0 Å². The first-order valence-electron chi connectivity index (χ1n) is 4.83. The second kappa shape index (κ2) is 3.32. The van der Waals surface area contributed by atoms with Crippen LogP contribution in [0.4, 0.5) is 0 Å². The number of nitrogens with zero attached hydrogens (tertiary/aromatic N) is 1. The number of carbonyl (C=O) groups is 1. The van der Waals surface area contributed by atoms with Gasteiger partial charge in [0.2, 0.25) is 0 Å². The van der Waals surface area contributed by atoms with E-state index in [0.717, 1.165) is 23.2 Å². The average Bonchev–Trinajstić information content (AvgIpc) is 2.71. The molecule has 1 heterocycles. The van der Waals surface area contributed by atoms with Crippen LogP contribution in [0.2, 0.25) is 0 Å². The van der Waals surface area contributed by atoms with Gasteiger partial charge in [-0.05, 0) is 19.8 Å². The summed E-state index contributed by atoms with van der Waals surface area (Å²) in [4.78, 5) is 10.8. The topological polar surface area (TPSA) is 45.8 Å². The Morgan fingerprint density at radius 2 is 2.15 bits per heavy atom. The molecule has 0 radical (unpaired) electrons. The minimum atomic E-state index is 0.519. The van der Waals surface area contributed by atoms with Gasteiger partial charge in [0.05, 0.1) is 11.3 Å². The van der Waals surface area contributed by atoms with E-state index in [1.807, 2.05) is 6.92 Å². The van der Waals surface area contributed by atoms with Gasteiger partial charge < -0.3 is 0 Å². The number of rotatable bonds is 2. The fraction of sp³-hybridized carbons (Fsp3) is 0.600. The van der Waals surface area contributed by atoms with Gasteiger partial charge in [0.25, 0.3) is 0 Å². The zero-order valence-corrected chi connectivity index (χ0v) is 7.84. The molecule has 0 atom stereocenters. The van der Waals surface area contributed by atoms with Crippen molar-refractivity contribution in [1.29, 1.82) is 0 Å². The van der Waals surface area contributed by atoms with Crippen molar-refractivity contribution in [2.45, 2.75) is 38.5 Å². The van der Waals surface area contributed by atoms with Crippen molar-refractivity contribution < 1.29 is 4.79 Å². The number of aryl methyl sites for hydroxylation is 1. The third-order valence-corrected chi connectivity index (χ3v) is 2.88. The Balaban J connectivity index is 2.32. The Morgan fingerprint density at radius 3 is 2.77 bits per heavy atom. The molecule has 1 fully saturated rings. The van der Waals surface area contributed by atoms with Crippen LogP contribution in [0.3, 0.4) is 0 Å². The average molecular weight is 178 g/mol. The smallest absolute Gasteiger partial charge is 0.153 e. The van der Waals surface area contributed by atoms with Crippen LogP contribution in [0.5, 0.6) is 0 Å². The number of carbonyl (C=O) groups excluding carboxylic acids is 1. The number of hydrogen-bond acceptors (Lipinski definition) is 2. The number of H-pyrrole nitrogens is 1. The summed E-state index contributed by atoms with van der Waals surface area (Å²) in [6, 6.07) is 0. The molecule has 0 amide bonds. The molecule has 70 valence electrons. The summed E-state index contributed by atoms with van der Waals surface area (Å²) in [7, 11) is 0. The molecular weight excluding hydrogens is 164 g/mol. The van der Waals surface area contributed by atoms with E-state index in [0.29, 0.717) is 5.92 Å². The molecule has 0 aliphatic heterocycles. The molecule has 0 saturated heterocycles. The van der Waals surface area contributed by atoms with Gasteiger partial charge in [0, 0.05) is 11.6 Å². The highest BCUT2D eigenvalue weighted by atomic mass is 16.1. The number of aldehydes is 1. The van der Waals surface area contributed by atoms with E-state index in [9.17, 15) is 4.79 Å². The van der Waals surface area contributed by atoms with E-state index < -0.39 is 0 Å². The lowest BCUT2D eigenvalue weighted by molar-refractivity contribution is 0.112. The quantitative estimate of drug-likeness (QED) is 0.705. The van der Waals surface area contributed by atoms with Crippen molar-refractivity contribution in [1.82, 2.24) is 10.2 Å². The maximum atomic E-state index is 10.8. The van der Waals surface area contributed by atoms with Gasteiger partial charge in [-0.1, -0.05) is 12.8 Å². The van der Waals surface area contributed by atoms with Crippen LogP contribution in [-0.2, 0) is 0 Å². The molecule has 0 unspecified atom stereocenters. The molecule has 0 aromatic carbocycles. The molecule has 1 N–H and O–H groups in total. The van der Waals surface area contributed by atoms with Crippen LogP contribution in [0, 0.1) is 6.92 Å². The first kappa shape index (κ1) is 8.48. The molecule has 0 bridgehead atoms. The summed E-state index contributed by atoms with van der Waals surface area (Å²) in [6.07, 6.45) is 5.84. The summed E-state index contributed by atoms with van der Waals surface area (Å²) in [5, 5.41) is 7.10. The van der Waals surface area contributed by atoms with E-state index in [-0.39, 0.29) is 0 Å². The first-order chi connectivity index (χ1) is 6.33. The predicted octanol–water partition coefficient (Wildman–Crippen LogP) is 2.19. The minimum Gasteiger partial charge on any atom is -0.298 e. The first-order valence-corrected chi connectivity index (χ1v) is 4.83. The van der Waals surface area contributed by atoms with Gasteiger partial charge >= 0.3 is 0 Å². The highest BCUT2D eigenvalue weighted by Gasteiger charge is 2.23. The Bertz CT molecular complexity index is 311. The molecule has 2 rings (SSSR count). The Kier molecular flexibility index (Phi) is 2.17. The van der Waals surface area contributed by atoms with Crippen molar-refractivity contribution in [3.63, 3.8) is 0 Å². The molecule has 1 aromatic heterocycles. The molecule has 3 heteroatoms. The van der Waals surface area contributed by atoms with E-state index in [2.05, 4.69) is 10.2 Å². The molecule has 1 saturated carbocycles. The Labute approximate surface area is 77.5 Å². The lowest BCUT2D eigenvalue weighted by atomic mass is 10.00. The molecule has 13 heavy (non-hydrogen) atoms. The van der Waals surface area contributed by atoms with Gasteiger partial charge in [-0.2, -0.15) is 5.10 Å². The largest absolute Gasteiger partial charge is 0.298 e. The van der Waals surface area contributed by atoms with Crippen LogP contribution in [0.15, 0.2) is 0 Å². The molecule has 0 spiro atoms. The summed E-state index contributed by atoms with van der Waals surface area (Å²) in [5.74, 6) is 0.519. The zero-order valence-electron chi connectivity index (χ0n) is 7.84. The van der Waals surface area contributed by atoms with Crippen molar-refractivity contribution in [2.24, 2.45) is 0 Å². The lowest BCUT2D eigenvalue weighted by Gasteiger charge is -2.04. The van der Waals surface area contributed by atoms with Crippen molar-refractivity contribution >= 4 is 6.29 Å². The third-order valence-electron chi connectivity index (χ3n) is 2.88. The van der Waals surface area contributed by atoms with E-state index in [1.54, 1.807) is 0 Å². The van der Waals surface area contributed by atoms with Crippen molar-refractivity contribution in [2.75, 3.05) is 0 Å². The summed E-state index contributed by atoms with van der Waals surface area (Å²) < 4.78 is 0. The molecular formula is C10H14N2O. The van der Waals surface area contributed by atoms with Crippen LogP contribution in [0.25, 0.3) is 0 Å².